The van der Waals surface area contributed by atoms with Crippen LogP contribution in [0.3, 0.4) is 0 Å². The summed E-state index contributed by atoms with van der Waals surface area (Å²) >= 11 is 0. The number of aliphatic hydroxyl groups excluding tert-OH is 1. The van der Waals surface area contributed by atoms with Crippen LogP contribution in [0.5, 0.6) is 0 Å². The minimum atomic E-state index is -4.50. The maximum Gasteiger partial charge on any atom is 0.472 e. The van der Waals surface area contributed by atoms with Crippen LogP contribution in [0.25, 0.3) is 0 Å². The zero-order chi connectivity index (χ0) is 57.9. The highest BCUT2D eigenvalue weighted by molar-refractivity contribution is 7.47. The number of ether oxygens (including phenoxy) is 1. The predicted octanol–water partition coefficient (Wildman–Crippen LogP) is 18.2. The summed E-state index contributed by atoms with van der Waals surface area (Å²) < 4.78 is 29.7. The van der Waals surface area contributed by atoms with Crippen LogP contribution in [0.4, 0.5) is 4.79 Å². The molecule has 80 heavy (non-hydrogen) atoms. The molecule has 11 atom stereocenters. The summed E-state index contributed by atoms with van der Waals surface area (Å²) in [4.78, 5) is 36.7. The van der Waals surface area contributed by atoms with Crippen molar-refractivity contribution in [2.45, 2.75) is 317 Å². The summed E-state index contributed by atoms with van der Waals surface area (Å²) in [6.45, 7) is 17.5. The first-order valence-corrected chi connectivity index (χ1v) is 35.7. The number of carbonyl (C=O) groups excluding carboxylic acids is 2. The third-order valence-corrected chi connectivity index (χ3v) is 21.1. The van der Waals surface area contributed by atoms with Crippen LogP contribution >= 0.6 is 7.82 Å². The van der Waals surface area contributed by atoms with Gasteiger partial charge >= 0.3 is 13.9 Å². The Morgan fingerprint density at radius 1 is 0.700 bits per heavy atom. The first kappa shape index (κ1) is 70.7. The van der Waals surface area contributed by atoms with Gasteiger partial charge in [0.15, 0.2) is 0 Å². The molecule has 0 spiro atoms. The fourth-order valence-corrected chi connectivity index (χ4v) is 16.0. The summed E-state index contributed by atoms with van der Waals surface area (Å²) in [6, 6.07) is -0.906. The molecule has 0 bridgehead atoms. The van der Waals surface area contributed by atoms with Crippen molar-refractivity contribution >= 4 is 19.8 Å². The van der Waals surface area contributed by atoms with E-state index in [0.29, 0.717) is 24.9 Å². The Hall–Kier alpha value is -1.75. The number of unbranched alkanes of at least 4 members (excludes halogenated alkanes) is 25. The average molecular weight is 1140 g/mol. The largest absolute Gasteiger partial charge is 0.472 e. The molecule has 0 aliphatic heterocycles. The van der Waals surface area contributed by atoms with Crippen LogP contribution in [0.1, 0.15) is 299 Å². The van der Waals surface area contributed by atoms with Gasteiger partial charge in [0.05, 0.1) is 25.4 Å². The Balaban J connectivity index is 1.11. The summed E-state index contributed by atoms with van der Waals surface area (Å²) in [5.41, 5.74) is 2.18. The van der Waals surface area contributed by atoms with E-state index >= 15 is 0 Å². The van der Waals surface area contributed by atoms with E-state index < -0.39 is 26.1 Å². The number of rotatable bonds is 47. The molecule has 0 aromatic heterocycles. The SMILES string of the molecule is CCCCCCCCCCCCC/C=C/[C@@H](O)[C@@H](COP(=O)(O)OCCNCCNC(=O)O[C@H]1CC[C@@]2(C)C(=CC[C@H]3[C@@H]4CC[C@H]([C@H](C)CCCC(C)C)[C@@]4(C)CC[C@@H]32)C1)NC(=O)CCCCCCCCCCCCCCCCC. The molecule has 466 valence electrons. The van der Waals surface area contributed by atoms with E-state index in [1.165, 1.54) is 192 Å². The Morgan fingerprint density at radius 3 is 1.89 bits per heavy atom. The van der Waals surface area contributed by atoms with Crippen molar-refractivity contribution in [3.8, 4) is 0 Å². The van der Waals surface area contributed by atoms with Gasteiger partial charge in [-0.3, -0.25) is 13.8 Å². The highest BCUT2D eigenvalue weighted by Crippen LogP contribution is 2.67. The molecule has 0 radical (unpaired) electrons. The minimum Gasteiger partial charge on any atom is -0.446 e. The molecular weight excluding hydrogens is 1020 g/mol. The van der Waals surface area contributed by atoms with Crippen LogP contribution in [0, 0.1) is 46.3 Å². The summed E-state index contributed by atoms with van der Waals surface area (Å²) in [7, 11) is -4.50. The van der Waals surface area contributed by atoms with E-state index in [4.69, 9.17) is 13.8 Å². The summed E-state index contributed by atoms with van der Waals surface area (Å²) in [6.07, 6.45) is 51.9. The Morgan fingerprint density at radius 2 is 1.29 bits per heavy atom. The molecule has 1 unspecified atom stereocenters. The zero-order valence-corrected chi connectivity index (χ0v) is 53.7. The van der Waals surface area contributed by atoms with Gasteiger partial charge in [0.2, 0.25) is 5.91 Å². The molecule has 3 saturated carbocycles. The fourth-order valence-electron chi connectivity index (χ4n) is 15.2. The molecule has 0 aromatic rings. The predicted molar refractivity (Wildman–Crippen MR) is 334 cm³/mol. The molecule has 5 N–H and O–H groups in total. The first-order chi connectivity index (χ1) is 38.6. The van der Waals surface area contributed by atoms with Crippen molar-refractivity contribution in [3.05, 3.63) is 23.8 Å². The quantitative estimate of drug-likeness (QED) is 0.0227. The van der Waals surface area contributed by atoms with Crippen molar-refractivity contribution in [3.63, 3.8) is 0 Å². The normalized spacial score (nSPS) is 25.6. The Labute approximate surface area is 491 Å². The first-order valence-electron chi connectivity index (χ1n) is 34.2. The maximum atomic E-state index is 13.1. The maximum absolute atomic E-state index is 13.1. The van der Waals surface area contributed by atoms with Crippen LogP contribution in [-0.4, -0.2) is 73.1 Å². The third kappa shape index (κ3) is 26.7. The Kier molecular flexibility index (Phi) is 35.8. The van der Waals surface area contributed by atoms with Crippen molar-refractivity contribution < 1.29 is 37.9 Å². The molecule has 0 aromatic carbocycles. The molecule has 2 amide bonds. The number of carbonyl (C=O) groups is 2. The van der Waals surface area contributed by atoms with Crippen molar-refractivity contribution in [1.82, 2.24) is 16.0 Å². The van der Waals surface area contributed by atoms with Crippen LogP contribution in [0.2, 0.25) is 0 Å². The van der Waals surface area contributed by atoms with Gasteiger partial charge in [-0.2, -0.15) is 0 Å². The lowest BCUT2D eigenvalue weighted by Gasteiger charge is -2.58. The lowest BCUT2D eigenvalue weighted by Crippen LogP contribution is -2.51. The van der Waals surface area contributed by atoms with Gasteiger partial charge in [0.1, 0.15) is 6.10 Å². The minimum absolute atomic E-state index is 0.105. The molecule has 0 saturated heterocycles. The van der Waals surface area contributed by atoms with Crippen molar-refractivity contribution in [2.24, 2.45) is 46.3 Å². The third-order valence-electron chi connectivity index (χ3n) is 20.1. The van der Waals surface area contributed by atoms with Gasteiger partial charge in [-0.25, -0.2) is 9.36 Å². The number of nitrogens with one attached hydrogen (secondary N) is 3. The van der Waals surface area contributed by atoms with E-state index in [1.54, 1.807) is 6.08 Å². The lowest BCUT2D eigenvalue weighted by molar-refractivity contribution is -0.123. The topological polar surface area (TPSA) is 155 Å². The van der Waals surface area contributed by atoms with E-state index in [0.717, 1.165) is 93.3 Å². The standard InChI is InChI=1S/C68H126N3O8P/c1-8-10-12-14-16-18-20-22-23-25-27-29-31-33-35-40-65(73)71-63(64(72)39-34-32-30-28-26-24-21-19-17-15-13-11-9-2)54-78-80(75,76)77-52-51-69-49-50-70-66(74)79-58-45-47-67(6)57(53-58)41-42-59-61-44-43-60(56(5)38-36-37-55(3)4)68(61,7)48-46-62(59)67/h34,39,41,55-56,58-64,69,72H,8-33,35-38,40,42-54H2,1-7H3,(H,70,74)(H,71,73)(H,75,76)/b39-34+/t56-,58+,59+,60-,61+,62+,63-,64-,67+,68-/m1/s1. The van der Waals surface area contributed by atoms with Gasteiger partial charge in [0.25, 0.3) is 0 Å². The molecular formula is C68H126N3O8P. The van der Waals surface area contributed by atoms with E-state index in [9.17, 15) is 24.2 Å². The smallest absolute Gasteiger partial charge is 0.446 e. The zero-order valence-electron chi connectivity index (χ0n) is 52.8. The molecule has 4 aliphatic rings. The summed E-state index contributed by atoms with van der Waals surface area (Å²) in [5, 5.41) is 20.1. The van der Waals surface area contributed by atoms with Gasteiger partial charge in [-0.1, -0.05) is 246 Å². The number of allylic oxidation sites excluding steroid dienone is 2. The molecule has 4 rings (SSSR count). The van der Waals surface area contributed by atoms with E-state index in [2.05, 4.69) is 70.5 Å². The number of amides is 2. The number of phosphoric ester groups is 1. The number of fused-ring (bicyclic) bond motifs is 5. The molecule has 3 fully saturated rings. The van der Waals surface area contributed by atoms with Gasteiger partial charge in [-0.05, 0) is 111 Å². The number of aliphatic hydroxyl groups is 1. The number of hydrogen-bond acceptors (Lipinski definition) is 8. The average Bonchev–Trinajstić information content (AvgIpc) is 3.80. The monoisotopic (exact) mass is 1140 g/mol. The van der Waals surface area contributed by atoms with E-state index in [-0.39, 0.29) is 37.2 Å². The highest BCUT2D eigenvalue weighted by atomic mass is 31.2. The van der Waals surface area contributed by atoms with Crippen molar-refractivity contribution in [2.75, 3.05) is 32.8 Å². The second-order valence-corrected chi connectivity index (χ2v) is 28.4. The molecule has 12 heteroatoms. The van der Waals surface area contributed by atoms with Gasteiger partial charge in [0, 0.05) is 32.5 Å². The summed E-state index contributed by atoms with van der Waals surface area (Å²) in [5.74, 6) is 4.59. The van der Waals surface area contributed by atoms with Crippen molar-refractivity contribution in [1.29, 1.82) is 0 Å². The van der Waals surface area contributed by atoms with Gasteiger partial charge in [-0.15, -0.1) is 0 Å². The molecule has 11 nitrogen and oxygen atoms in total. The number of alkyl carbamates (subject to hydrolysis) is 1. The fraction of sp³-hybridized carbons (Fsp3) is 0.912. The Bertz CT molecular complexity index is 1760. The second-order valence-electron chi connectivity index (χ2n) is 27.0. The van der Waals surface area contributed by atoms with Crippen LogP contribution in [-0.2, 0) is 23.1 Å². The second kappa shape index (κ2) is 40.5. The van der Waals surface area contributed by atoms with E-state index in [1.807, 2.05) is 6.08 Å². The van der Waals surface area contributed by atoms with Crippen LogP contribution < -0.4 is 16.0 Å². The molecule has 0 heterocycles. The number of hydrogen-bond donors (Lipinski definition) is 5. The number of phosphoric acid groups is 1. The molecule has 4 aliphatic carbocycles. The van der Waals surface area contributed by atoms with Crippen LogP contribution in [0.15, 0.2) is 23.8 Å². The van der Waals surface area contributed by atoms with Gasteiger partial charge < -0.3 is 30.7 Å². The lowest BCUT2D eigenvalue weighted by atomic mass is 9.47. The highest BCUT2D eigenvalue weighted by Gasteiger charge is 2.59.